The molecule has 0 saturated heterocycles. The van der Waals surface area contributed by atoms with Crippen LogP contribution in [0.25, 0.3) is 0 Å². The summed E-state index contributed by atoms with van der Waals surface area (Å²) in [6.07, 6.45) is 11.2. The Morgan fingerprint density at radius 3 is 2.09 bits per heavy atom. The SMILES string of the molecule is CCCCCCCCc1nc(C)c[nH]1.O=S(=O)(O)C(F)(F)F. The summed E-state index contributed by atoms with van der Waals surface area (Å²) in [4.78, 5) is 7.59. The largest absolute Gasteiger partial charge is 0.522 e. The molecule has 0 aliphatic heterocycles. The van der Waals surface area contributed by atoms with E-state index in [1.165, 1.54) is 38.5 Å². The zero-order valence-corrected chi connectivity index (χ0v) is 13.6. The van der Waals surface area contributed by atoms with Gasteiger partial charge in [0.05, 0.1) is 5.69 Å². The summed E-state index contributed by atoms with van der Waals surface area (Å²) < 4.78 is 57.5. The summed E-state index contributed by atoms with van der Waals surface area (Å²) in [5.41, 5.74) is -4.43. The van der Waals surface area contributed by atoms with Crippen molar-refractivity contribution in [1.29, 1.82) is 0 Å². The van der Waals surface area contributed by atoms with Crippen LogP contribution in [0.5, 0.6) is 0 Å². The fourth-order valence-corrected chi connectivity index (χ4v) is 1.67. The Labute approximate surface area is 129 Å². The molecule has 5 nitrogen and oxygen atoms in total. The molecule has 9 heteroatoms. The minimum absolute atomic E-state index is 1.10. The van der Waals surface area contributed by atoms with Gasteiger partial charge in [0.25, 0.3) is 0 Å². The topological polar surface area (TPSA) is 83.0 Å². The molecule has 2 N–H and O–H groups in total. The number of imidazole rings is 1. The van der Waals surface area contributed by atoms with Gasteiger partial charge in [-0.15, -0.1) is 0 Å². The molecule has 0 radical (unpaired) electrons. The summed E-state index contributed by atoms with van der Waals surface area (Å²) in [6, 6.07) is 0. The third-order valence-corrected chi connectivity index (χ3v) is 3.40. The van der Waals surface area contributed by atoms with Gasteiger partial charge in [0, 0.05) is 12.6 Å². The van der Waals surface area contributed by atoms with Crippen LogP contribution in [0.4, 0.5) is 13.2 Å². The molecule has 130 valence electrons. The van der Waals surface area contributed by atoms with E-state index in [9.17, 15) is 13.2 Å². The molecule has 0 fully saturated rings. The molecule has 0 amide bonds. The maximum Gasteiger partial charge on any atom is 0.522 e. The Morgan fingerprint density at radius 1 is 1.18 bits per heavy atom. The molecule has 0 unspecified atom stereocenters. The highest BCUT2D eigenvalue weighted by molar-refractivity contribution is 7.86. The maximum absolute atomic E-state index is 10.7. The van der Waals surface area contributed by atoms with Crippen molar-refractivity contribution in [2.45, 2.75) is 64.3 Å². The average Bonchev–Trinajstić information content (AvgIpc) is 2.78. The number of halogens is 3. The molecule has 0 aliphatic carbocycles. The van der Waals surface area contributed by atoms with Crippen LogP contribution in [0.2, 0.25) is 0 Å². The van der Waals surface area contributed by atoms with Crippen molar-refractivity contribution in [2.75, 3.05) is 0 Å². The smallest absolute Gasteiger partial charge is 0.348 e. The first kappa shape index (κ1) is 20.9. The van der Waals surface area contributed by atoms with E-state index in [1.807, 2.05) is 13.1 Å². The van der Waals surface area contributed by atoms with Crippen LogP contribution in [-0.4, -0.2) is 28.4 Å². The van der Waals surface area contributed by atoms with Gasteiger partial charge in [-0.05, 0) is 13.3 Å². The number of nitrogens with zero attached hydrogens (tertiary/aromatic N) is 1. The van der Waals surface area contributed by atoms with Gasteiger partial charge in [-0.1, -0.05) is 39.0 Å². The lowest BCUT2D eigenvalue weighted by atomic mass is 10.1. The molecule has 22 heavy (non-hydrogen) atoms. The van der Waals surface area contributed by atoms with Gasteiger partial charge in [0.1, 0.15) is 5.82 Å². The number of hydrogen-bond donors (Lipinski definition) is 2. The van der Waals surface area contributed by atoms with Gasteiger partial charge in [0.2, 0.25) is 0 Å². The number of aromatic nitrogens is 2. The molecule has 0 aliphatic rings. The average molecular weight is 344 g/mol. The van der Waals surface area contributed by atoms with Gasteiger partial charge < -0.3 is 4.98 Å². The van der Waals surface area contributed by atoms with E-state index in [4.69, 9.17) is 13.0 Å². The molecule has 0 atom stereocenters. The van der Waals surface area contributed by atoms with Crippen LogP contribution < -0.4 is 0 Å². The van der Waals surface area contributed by atoms with E-state index < -0.39 is 15.6 Å². The lowest BCUT2D eigenvalue weighted by Crippen LogP contribution is -2.21. The summed E-state index contributed by atoms with van der Waals surface area (Å²) in [6.45, 7) is 4.28. The molecule has 1 aromatic rings. The minimum atomic E-state index is -5.84. The number of nitrogens with one attached hydrogen (secondary N) is 1. The second-order valence-corrected chi connectivity index (χ2v) is 6.34. The summed E-state index contributed by atoms with van der Waals surface area (Å²) in [5.74, 6) is 1.15. The van der Waals surface area contributed by atoms with E-state index in [1.54, 1.807) is 0 Å². The third-order valence-electron chi connectivity index (χ3n) is 2.82. The molecule has 1 heterocycles. The molecule has 0 bridgehead atoms. The van der Waals surface area contributed by atoms with Crippen LogP contribution in [0.3, 0.4) is 0 Å². The molecule has 0 saturated carbocycles. The van der Waals surface area contributed by atoms with Crippen LogP contribution >= 0.6 is 0 Å². The van der Waals surface area contributed by atoms with Crippen LogP contribution in [0.1, 0.15) is 57.0 Å². The minimum Gasteiger partial charge on any atom is -0.348 e. The van der Waals surface area contributed by atoms with E-state index in [2.05, 4.69) is 16.9 Å². The molecular formula is C13H23F3N2O3S. The monoisotopic (exact) mass is 344 g/mol. The number of H-pyrrole nitrogens is 1. The normalized spacial score (nSPS) is 11.9. The Kier molecular flexibility index (Phi) is 9.34. The van der Waals surface area contributed by atoms with Crippen molar-refractivity contribution in [3.05, 3.63) is 17.7 Å². The first-order chi connectivity index (χ1) is 10.1. The fourth-order valence-electron chi connectivity index (χ4n) is 1.67. The summed E-state index contributed by atoms with van der Waals surface area (Å²) >= 11 is 0. The lowest BCUT2D eigenvalue weighted by Gasteiger charge is -1.98. The van der Waals surface area contributed by atoms with Gasteiger partial charge >= 0.3 is 15.6 Å². The predicted molar refractivity (Wildman–Crippen MR) is 78.0 cm³/mol. The van der Waals surface area contributed by atoms with Crippen molar-refractivity contribution in [1.82, 2.24) is 9.97 Å². The van der Waals surface area contributed by atoms with E-state index in [0.29, 0.717) is 0 Å². The standard InChI is InChI=1S/C12H22N2.CHF3O3S/c1-3-4-5-6-7-8-9-12-13-10-11(2)14-12;2-1(3,4)8(5,6)7/h10H,3-9H2,1-2H3,(H,13,14);(H,5,6,7). The number of aromatic amines is 1. The molecule has 0 spiro atoms. The zero-order chi connectivity index (χ0) is 17.2. The first-order valence-electron chi connectivity index (χ1n) is 7.12. The maximum atomic E-state index is 10.7. The van der Waals surface area contributed by atoms with Crippen molar-refractivity contribution >= 4 is 10.1 Å². The van der Waals surface area contributed by atoms with Crippen LogP contribution in [0, 0.1) is 6.92 Å². The number of rotatable bonds is 7. The number of aryl methyl sites for hydroxylation is 2. The van der Waals surface area contributed by atoms with Crippen LogP contribution in [-0.2, 0) is 16.5 Å². The van der Waals surface area contributed by atoms with Crippen molar-refractivity contribution < 1.29 is 26.1 Å². The molecular weight excluding hydrogens is 321 g/mol. The highest BCUT2D eigenvalue weighted by atomic mass is 32.2. The quantitative estimate of drug-likeness (QED) is 0.445. The summed E-state index contributed by atoms with van der Waals surface area (Å²) in [7, 11) is -5.84. The lowest BCUT2D eigenvalue weighted by molar-refractivity contribution is -0.0510. The molecule has 1 aromatic heterocycles. The first-order valence-corrected chi connectivity index (χ1v) is 8.56. The number of hydrogen-bond acceptors (Lipinski definition) is 3. The Balaban J connectivity index is 0.000000472. The highest BCUT2D eigenvalue weighted by Gasteiger charge is 2.44. The van der Waals surface area contributed by atoms with E-state index in [-0.39, 0.29) is 0 Å². The molecule has 0 aromatic carbocycles. The highest BCUT2D eigenvalue weighted by Crippen LogP contribution is 2.20. The van der Waals surface area contributed by atoms with Gasteiger partial charge in [-0.3, -0.25) is 4.55 Å². The fraction of sp³-hybridized carbons (Fsp3) is 0.769. The van der Waals surface area contributed by atoms with Crippen molar-refractivity contribution in [2.24, 2.45) is 0 Å². The van der Waals surface area contributed by atoms with Crippen molar-refractivity contribution in [3.63, 3.8) is 0 Å². The van der Waals surface area contributed by atoms with Gasteiger partial charge in [0.15, 0.2) is 0 Å². The Hall–Kier alpha value is -1.09. The third kappa shape index (κ3) is 9.78. The zero-order valence-electron chi connectivity index (χ0n) is 12.8. The second kappa shape index (κ2) is 9.83. The van der Waals surface area contributed by atoms with E-state index >= 15 is 0 Å². The number of alkyl halides is 3. The predicted octanol–water partition coefficient (Wildman–Crippen LogP) is 4.02. The van der Waals surface area contributed by atoms with Crippen molar-refractivity contribution in [3.8, 4) is 0 Å². The van der Waals surface area contributed by atoms with Gasteiger partial charge in [-0.25, -0.2) is 4.98 Å². The van der Waals surface area contributed by atoms with E-state index in [0.717, 1.165) is 17.9 Å². The Bertz CT molecular complexity index is 513. The number of unbranched alkanes of at least 4 members (excludes halogenated alkanes) is 5. The Morgan fingerprint density at radius 2 is 1.68 bits per heavy atom. The summed E-state index contributed by atoms with van der Waals surface area (Å²) in [5, 5.41) is 0. The van der Waals surface area contributed by atoms with Crippen LogP contribution in [0.15, 0.2) is 6.20 Å². The van der Waals surface area contributed by atoms with Gasteiger partial charge in [-0.2, -0.15) is 21.6 Å². The second-order valence-electron chi connectivity index (χ2n) is 4.93. The molecule has 1 rings (SSSR count).